The zero-order chi connectivity index (χ0) is 14.4. The topological polar surface area (TPSA) is 24.5 Å². The van der Waals surface area contributed by atoms with Crippen LogP contribution >= 0.6 is 0 Å². The third-order valence-electron chi connectivity index (χ3n) is 3.89. The fourth-order valence-corrected chi connectivity index (χ4v) is 2.64. The molecule has 1 heterocycles. The summed E-state index contributed by atoms with van der Waals surface area (Å²) in [6, 6.07) is 6.35. The maximum Gasteiger partial charge on any atom is 0.126 e. The van der Waals surface area contributed by atoms with E-state index in [2.05, 4.69) is 48.3 Å². The standard InChI is InChI=1S/C17H26N2O/c1-14-6-7-17(20-3)16(13-14)15(2)5-4-10-19-11-8-18-9-12-19/h5-7,13,18H,4,8-12H2,1-3H3/b15-5+. The van der Waals surface area contributed by atoms with Crippen LogP contribution in [0.25, 0.3) is 5.57 Å². The summed E-state index contributed by atoms with van der Waals surface area (Å²) in [6.07, 6.45) is 3.43. The summed E-state index contributed by atoms with van der Waals surface area (Å²) >= 11 is 0. The summed E-state index contributed by atoms with van der Waals surface area (Å²) in [5.41, 5.74) is 3.80. The number of hydrogen-bond acceptors (Lipinski definition) is 3. The number of rotatable bonds is 5. The van der Waals surface area contributed by atoms with E-state index in [-0.39, 0.29) is 0 Å². The molecule has 3 nitrogen and oxygen atoms in total. The van der Waals surface area contributed by atoms with Crippen molar-refractivity contribution in [3.63, 3.8) is 0 Å². The molecule has 1 aromatic rings. The normalized spacial score (nSPS) is 17.2. The molecule has 1 saturated heterocycles. The Bertz CT molecular complexity index is 462. The highest BCUT2D eigenvalue weighted by Crippen LogP contribution is 2.27. The second kappa shape index (κ2) is 7.46. The average molecular weight is 274 g/mol. The van der Waals surface area contributed by atoms with Crippen LogP contribution in [0.4, 0.5) is 0 Å². The van der Waals surface area contributed by atoms with Crippen molar-refractivity contribution in [2.24, 2.45) is 0 Å². The quantitative estimate of drug-likeness (QED) is 0.893. The lowest BCUT2D eigenvalue weighted by Crippen LogP contribution is -2.43. The zero-order valence-corrected chi connectivity index (χ0v) is 12.9. The molecule has 20 heavy (non-hydrogen) atoms. The summed E-state index contributed by atoms with van der Waals surface area (Å²) < 4.78 is 5.46. The van der Waals surface area contributed by atoms with E-state index in [0.29, 0.717) is 0 Å². The van der Waals surface area contributed by atoms with Crippen molar-refractivity contribution in [3.8, 4) is 5.75 Å². The molecular formula is C17H26N2O. The van der Waals surface area contributed by atoms with Gasteiger partial charge in [-0.15, -0.1) is 0 Å². The summed E-state index contributed by atoms with van der Waals surface area (Å²) in [4.78, 5) is 2.52. The predicted molar refractivity (Wildman–Crippen MR) is 85.3 cm³/mol. The molecule has 0 radical (unpaired) electrons. The Balaban J connectivity index is 1.97. The van der Waals surface area contributed by atoms with Gasteiger partial charge in [-0.25, -0.2) is 0 Å². The first kappa shape index (κ1) is 15.1. The third kappa shape index (κ3) is 4.09. The molecule has 1 aliphatic heterocycles. The van der Waals surface area contributed by atoms with Gasteiger partial charge in [0.05, 0.1) is 7.11 Å². The monoisotopic (exact) mass is 274 g/mol. The molecule has 0 unspecified atom stereocenters. The van der Waals surface area contributed by atoms with Gasteiger partial charge in [0.15, 0.2) is 0 Å². The number of methoxy groups -OCH3 is 1. The molecule has 2 rings (SSSR count). The van der Waals surface area contributed by atoms with Crippen LogP contribution in [-0.2, 0) is 0 Å². The molecule has 0 bridgehead atoms. The fraction of sp³-hybridized carbons (Fsp3) is 0.529. The van der Waals surface area contributed by atoms with Gasteiger partial charge in [0.2, 0.25) is 0 Å². The first-order chi connectivity index (χ1) is 9.70. The molecule has 110 valence electrons. The first-order valence-electron chi connectivity index (χ1n) is 7.45. The summed E-state index contributed by atoms with van der Waals surface area (Å²) in [6.45, 7) is 10.0. The number of nitrogens with one attached hydrogen (secondary N) is 1. The summed E-state index contributed by atoms with van der Waals surface area (Å²) in [5.74, 6) is 0.964. The van der Waals surface area contributed by atoms with Crippen molar-refractivity contribution in [2.45, 2.75) is 20.3 Å². The molecule has 1 N–H and O–H groups in total. The van der Waals surface area contributed by atoms with E-state index in [4.69, 9.17) is 4.74 Å². The average Bonchev–Trinajstić information content (AvgIpc) is 2.48. The Morgan fingerprint density at radius 1 is 1.35 bits per heavy atom. The van der Waals surface area contributed by atoms with Gasteiger partial charge in [0.25, 0.3) is 0 Å². The van der Waals surface area contributed by atoms with Gasteiger partial charge in [-0.2, -0.15) is 0 Å². The van der Waals surface area contributed by atoms with E-state index in [9.17, 15) is 0 Å². The Kier molecular flexibility index (Phi) is 5.62. The molecule has 0 aliphatic carbocycles. The largest absolute Gasteiger partial charge is 0.496 e. The van der Waals surface area contributed by atoms with Gasteiger partial charge in [-0.1, -0.05) is 17.7 Å². The van der Waals surface area contributed by atoms with E-state index in [1.54, 1.807) is 7.11 Å². The van der Waals surface area contributed by atoms with Crippen LogP contribution in [0.15, 0.2) is 24.3 Å². The Morgan fingerprint density at radius 2 is 2.10 bits per heavy atom. The highest BCUT2D eigenvalue weighted by Gasteiger charge is 2.08. The second-order valence-electron chi connectivity index (χ2n) is 5.47. The first-order valence-corrected chi connectivity index (χ1v) is 7.45. The number of nitrogens with zero attached hydrogens (tertiary/aromatic N) is 1. The van der Waals surface area contributed by atoms with Crippen molar-refractivity contribution >= 4 is 5.57 Å². The summed E-state index contributed by atoms with van der Waals surface area (Å²) in [5, 5.41) is 3.39. The SMILES string of the molecule is COc1ccc(C)cc1/C(C)=C/CCN1CCNCC1. The van der Waals surface area contributed by atoms with Crippen LogP contribution in [0, 0.1) is 6.92 Å². The van der Waals surface area contributed by atoms with Crippen LogP contribution in [0.3, 0.4) is 0 Å². The molecular weight excluding hydrogens is 248 g/mol. The van der Waals surface area contributed by atoms with Crippen LogP contribution in [0.2, 0.25) is 0 Å². The maximum absolute atomic E-state index is 5.46. The minimum Gasteiger partial charge on any atom is -0.496 e. The highest BCUT2D eigenvalue weighted by molar-refractivity contribution is 5.69. The molecule has 1 aliphatic rings. The lowest BCUT2D eigenvalue weighted by atomic mass is 10.0. The van der Waals surface area contributed by atoms with Crippen LogP contribution in [0.1, 0.15) is 24.5 Å². The van der Waals surface area contributed by atoms with Crippen molar-refractivity contribution in [3.05, 3.63) is 35.4 Å². The van der Waals surface area contributed by atoms with Crippen LogP contribution in [0.5, 0.6) is 5.75 Å². The number of allylic oxidation sites excluding steroid dienone is 1. The van der Waals surface area contributed by atoms with Crippen molar-refractivity contribution in [1.29, 1.82) is 0 Å². The molecule has 0 aromatic heterocycles. The molecule has 0 saturated carbocycles. The lowest BCUT2D eigenvalue weighted by Gasteiger charge is -2.26. The van der Waals surface area contributed by atoms with Crippen molar-refractivity contribution < 1.29 is 4.74 Å². The Labute approximate surface area is 122 Å². The number of aryl methyl sites for hydroxylation is 1. The minimum atomic E-state index is 0.964. The second-order valence-corrected chi connectivity index (χ2v) is 5.47. The third-order valence-corrected chi connectivity index (χ3v) is 3.89. The van der Waals surface area contributed by atoms with E-state index >= 15 is 0 Å². The van der Waals surface area contributed by atoms with Gasteiger partial charge in [0, 0.05) is 38.3 Å². The predicted octanol–water partition coefficient (Wildman–Crippen LogP) is 2.70. The van der Waals surface area contributed by atoms with E-state index < -0.39 is 0 Å². The molecule has 1 aromatic carbocycles. The van der Waals surface area contributed by atoms with Gasteiger partial charge in [-0.3, -0.25) is 0 Å². The van der Waals surface area contributed by atoms with E-state index in [1.807, 2.05) is 0 Å². The zero-order valence-electron chi connectivity index (χ0n) is 12.9. The van der Waals surface area contributed by atoms with Crippen molar-refractivity contribution in [1.82, 2.24) is 10.2 Å². The molecule has 3 heteroatoms. The van der Waals surface area contributed by atoms with Crippen molar-refractivity contribution in [2.75, 3.05) is 39.8 Å². The van der Waals surface area contributed by atoms with Crippen LogP contribution < -0.4 is 10.1 Å². The number of benzene rings is 1. The number of piperazine rings is 1. The number of hydrogen-bond donors (Lipinski definition) is 1. The molecule has 1 fully saturated rings. The molecule has 0 atom stereocenters. The summed E-state index contributed by atoms with van der Waals surface area (Å²) in [7, 11) is 1.74. The lowest BCUT2D eigenvalue weighted by molar-refractivity contribution is 0.245. The van der Waals surface area contributed by atoms with Gasteiger partial charge in [0.1, 0.15) is 5.75 Å². The smallest absolute Gasteiger partial charge is 0.126 e. The molecule has 0 spiro atoms. The van der Waals surface area contributed by atoms with E-state index in [1.165, 1.54) is 29.8 Å². The number of ether oxygens (including phenoxy) is 1. The van der Waals surface area contributed by atoms with Gasteiger partial charge in [-0.05, 0) is 38.0 Å². The Morgan fingerprint density at radius 3 is 2.80 bits per heavy atom. The fourth-order valence-electron chi connectivity index (χ4n) is 2.64. The van der Waals surface area contributed by atoms with Gasteiger partial charge < -0.3 is 15.0 Å². The minimum absolute atomic E-state index is 0.964. The van der Waals surface area contributed by atoms with Crippen LogP contribution in [-0.4, -0.2) is 44.7 Å². The van der Waals surface area contributed by atoms with E-state index in [0.717, 1.165) is 31.8 Å². The van der Waals surface area contributed by atoms with Gasteiger partial charge >= 0.3 is 0 Å². The highest BCUT2D eigenvalue weighted by atomic mass is 16.5. The maximum atomic E-state index is 5.46. The molecule has 0 amide bonds. The Hall–Kier alpha value is -1.32.